The van der Waals surface area contributed by atoms with Gasteiger partial charge in [0.05, 0.1) is 4.90 Å². The molecule has 6 heteroatoms. The van der Waals surface area contributed by atoms with Crippen LogP contribution in [0, 0.1) is 25.2 Å². The van der Waals surface area contributed by atoms with Crippen LogP contribution in [0.4, 0.5) is 5.69 Å². The van der Waals surface area contributed by atoms with E-state index in [0.717, 1.165) is 6.42 Å². The van der Waals surface area contributed by atoms with E-state index in [4.69, 9.17) is 5.14 Å². The molecular formula is C14H20N2O3S. The molecule has 1 aromatic rings. The predicted molar refractivity (Wildman–Crippen MR) is 77.8 cm³/mol. The Balaban J connectivity index is 2.28. The largest absolute Gasteiger partial charge is 0.325 e. The maximum atomic E-state index is 12.1. The molecule has 1 amide bonds. The lowest BCUT2D eigenvalue weighted by molar-refractivity contribution is -0.118. The molecule has 3 N–H and O–H groups in total. The van der Waals surface area contributed by atoms with Crippen molar-refractivity contribution in [3.8, 4) is 0 Å². The van der Waals surface area contributed by atoms with Crippen LogP contribution in [0.25, 0.3) is 0 Å². The monoisotopic (exact) mass is 296 g/mol. The van der Waals surface area contributed by atoms with Crippen LogP contribution in [0.3, 0.4) is 0 Å². The smallest absolute Gasteiger partial charge is 0.238 e. The quantitative estimate of drug-likeness (QED) is 0.893. The van der Waals surface area contributed by atoms with Crippen molar-refractivity contribution < 1.29 is 13.2 Å². The molecule has 0 spiro atoms. The van der Waals surface area contributed by atoms with Gasteiger partial charge in [0.15, 0.2) is 0 Å². The summed E-state index contributed by atoms with van der Waals surface area (Å²) in [4.78, 5) is 12.2. The van der Waals surface area contributed by atoms with Gasteiger partial charge in [-0.15, -0.1) is 0 Å². The molecular weight excluding hydrogens is 276 g/mol. The number of carbonyl (C=O) groups excluding carboxylic acids is 1. The zero-order chi connectivity index (χ0) is 15.3. The zero-order valence-corrected chi connectivity index (χ0v) is 13.0. The minimum Gasteiger partial charge on any atom is -0.325 e. The third kappa shape index (κ3) is 2.86. The fourth-order valence-electron chi connectivity index (χ4n) is 2.41. The second kappa shape index (κ2) is 4.56. The van der Waals surface area contributed by atoms with Gasteiger partial charge in [0.2, 0.25) is 15.9 Å². The van der Waals surface area contributed by atoms with E-state index in [1.807, 2.05) is 0 Å². The first kappa shape index (κ1) is 15.0. The number of anilines is 1. The first-order valence-corrected chi connectivity index (χ1v) is 8.02. The van der Waals surface area contributed by atoms with Gasteiger partial charge < -0.3 is 5.32 Å². The second-order valence-electron chi connectivity index (χ2n) is 6.21. The van der Waals surface area contributed by atoms with E-state index in [9.17, 15) is 13.2 Å². The lowest BCUT2D eigenvalue weighted by Crippen LogP contribution is -2.19. The number of hydrogen-bond donors (Lipinski definition) is 2. The summed E-state index contributed by atoms with van der Waals surface area (Å²) >= 11 is 0. The number of nitrogens with two attached hydrogens (primary N) is 1. The Hall–Kier alpha value is -1.40. The fraction of sp³-hybridized carbons (Fsp3) is 0.500. The topological polar surface area (TPSA) is 89.3 Å². The Morgan fingerprint density at radius 1 is 1.30 bits per heavy atom. The van der Waals surface area contributed by atoms with E-state index in [1.165, 1.54) is 12.1 Å². The molecule has 0 heterocycles. The summed E-state index contributed by atoms with van der Waals surface area (Å²) in [6.45, 7) is 7.63. The van der Waals surface area contributed by atoms with Crippen LogP contribution in [-0.4, -0.2) is 14.3 Å². The molecule has 20 heavy (non-hydrogen) atoms. The van der Waals surface area contributed by atoms with Gasteiger partial charge in [-0.25, -0.2) is 13.6 Å². The predicted octanol–water partition coefficient (Wildman–Crippen LogP) is 1.94. The van der Waals surface area contributed by atoms with Gasteiger partial charge in [0, 0.05) is 11.6 Å². The molecule has 0 radical (unpaired) electrons. The fourth-order valence-corrected chi connectivity index (χ4v) is 3.09. The molecule has 0 aliphatic heterocycles. The Morgan fingerprint density at radius 3 is 2.10 bits per heavy atom. The number of carbonyl (C=O) groups is 1. The van der Waals surface area contributed by atoms with E-state index >= 15 is 0 Å². The van der Waals surface area contributed by atoms with Gasteiger partial charge >= 0.3 is 0 Å². The molecule has 1 atom stereocenters. The number of aryl methyl sites for hydroxylation is 2. The van der Waals surface area contributed by atoms with Crippen molar-refractivity contribution >= 4 is 21.6 Å². The van der Waals surface area contributed by atoms with E-state index in [1.54, 1.807) is 13.8 Å². The van der Waals surface area contributed by atoms with Gasteiger partial charge in [0.1, 0.15) is 0 Å². The molecule has 1 aromatic carbocycles. The maximum absolute atomic E-state index is 12.1. The minimum absolute atomic E-state index is 0.00967. The summed E-state index contributed by atoms with van der Waals surface area (Å²) in [7, 11) is -3.73. The molecule has 1 saturated carbocycles. The van der Waals surface area contributed by atoms with Gasteiger partial charge in [-0.1, -0.05) is 13.8 Å². The van der Waals surface area contributed by atoms with E-state index in [2.05, 4.69) is 19.2 Å². The summed E-state index contributed by atoms with van der Waals surface area (Å²) < 4.78 is 22.7. The molecule has 110 valence electrons. The average molecular weight is 296 g/mol. The van der Waals surface area contributed by atoms with E-state index in [-0.39, 0.29) is 22.1 Å². The number of benzene rings is 1. The Kier molecular flexibility index (Phi) is 3.42. The third-order valence-corrected chi connectivity index (χ3v) is 4.81. The van der Waals surface area contributed by atoms with Crippen molar-refractivity contribution in [1.82, 2.24) is 0 Å². The van der Waals surface area contributed by atoms with Crippen molar-refractivity contribution in [1.29, 1.82) is 0 Å². The van der Waals surface area contributed by atoms with Crippen molar-refractivity contribution in [3.63, 3.8) is 0 Å². The number of primary sulfonamides is 1. The summed E-state index contributed by atoms with van der Waals surface area (Å²) in [5.41, 5.74) is 2.12. The van der Waals surface area contributed by atoms with Crippen LogP contribution in [0.15, 0.2) is 17.0 Å². The van der Waals surface area contributed by atoms with Crippen LogP contribution in [0.5, 0.6) is 0 Å². The van der Waals surface area contributed by atoms with Crippen molar-refractivity contribution in [2.24, 2.45) is 16.5 Å². The highest BCUT2D eigenvalue weighted by atomic mass is 32.2. The Morgan fingerprint density at radius 2 is 1.75 bits per heavy atom. The van der Waals surface area contributed by atoms with Crippen LogP contribution < -0.4 is 10.5 Å². The number of nitrogens with one attached hydrogen (secondary N) is 1. The van der Waals surface area contributed by atoms with Crippen LogP contribution in [0.2, 0.25) is 0 Å². The molecule has 0 saturated heterocycles. The maximum Gasteiger partial charge on any atom is 0.238 e. The number of sulfonamides is 1. The van der Waals surface area contributed by atoms with E-state index in [0.29, 0.717) is 16.8 Å². The first-order chi connectivity index (χ1) is 9.02. The van der Waals surface area contributed by atoms with Gasteiger partial charge in [-0.2, -0.15) is 0 Å². The van der Waals surface area contributed by atoms with Crippen molar-refractivity contribution in [2.75, 3.05) is 5.32 Å². The van der Waals surface area contributed by atoms with Gasteiger partial charge in [-0.3, -0.25) is 4.79 Å². The first-order valence-electron chi connectivity index (χ1n) is 6.47. The lowest BCUT2D eigenvalue weighted by atomic mass is 10.1. The zero-order valence-electron chi connectivity index (χ0n) is 12.1. The molecule has 2 rings (SSSR count). The third-order valence-electron chi connectivity index (χ3n) is 3.91. The van der Waals surface area contributed by atoms with Crippen LogP contribution in [-0.2, 0) is 14.8 Å². The highest BCUT2D eigenvalue weighted by molar-refractivity contribution is 7.89. The highest BCUT2D eigenvalue weighted by Crippen LogP contribution is 2.52. The summed E-state index contributed by atoms with van der Waals surface area (Å²) in [5, 5.41) is 8.02. The van der Waals surface area contributed by atoms with Crippen molar-refractivity contribution in [3.05, 3.63) is 23.3 Å². The molecule has 1 unspecified atom stereocenters. The molecule has 0 aromatic heterocycles. The van der Waals surface area contributed by atoms with Gasteiger partial charge in [0.25, 0.3) is 0 Å². The van der Waals surface area contributed by atoms with Crippen molar-refractivity contribution in [2.45, 2.75) is 39.0 Å². The van der Waals surface area contributed by atoms with Gasteiger partial charge in [-0.05, 0) is 48.9 Å². The Bertz CT molecular complexity index is 655. The molecule has 1 aliphatic rings. The van der Waals surface area contributed by atoms with Crippen LogP contribution in [0.1, 0.15) is 31.4 Å². The number of amides is 1. The lowest BCUT2D eigenvalue weighted by Gasteiger charge is -2.14. The normalized spacial score (nSPS) is 20.6. The SMILES string of the molecule is Cc1cc(S(N)(=O)=O)cc(C)c1NC(=O)C1CC1(C)C. The standard InChI is InChI=1S/C14H20N2O3S/c1-8-5-10(20(15,18)19)6-9(2)12(8)16-13(17)11-7-14(11,3)4/h5-6,11H,7H2,1-4H3,(H,16,17)(H2,15,18,19). The average Bonchev–Trinajstić information content (AvgIpc) is 2.91. The highest BCUT2D eigenvalue weighted by Gasteiger charge is 2.50. The summed E-state index contributed by atoms with van der Waals surface area (Å²) in [6, 6.07) is 2.96. The summed E-state index contributed by atoms with van der Waals surface area (Å²) in [5.74, 6) is 0.0174. The minimum atomic E-state index is -3.73. The van der Waals surface area contributed by atoms with E-state index < -0.39 is 10.0 Å². The summed E-state index contributed by atoms with van der Waals surface area (Å²) in [6.07, 6.45) is 0.881. The molecule has 1 aliphatic carbocycles. The molecule has 5 nitrogen and oxygen atoms in total. The molecule has 0 bridgehead atoms. The van der Waals surface area contributed by atoms with Crippen LogP contribution >= 0.6 is 0 Å². The second-order valence-corrected chi connectivity index (χ2v) is 7.77. The molecule has 1 fully saturated rings. The number of hydrogen-bond acceptors (Lipinski definition) is 3. The Labute approximate surface area is 119 Å². The number of rotatable bonds is 3.